The molecule has 1 unspecified atom stereocenters. The molecule has 0 amide bonds. The predicted octanol–water partition coefficient (Wildman–Crippen LogP) is 4.69. The Labute approximate surface area is 138 Å². The van der Waals surface area contributed by atoms with Gasteiger partial charge < -0.3 is 14.8 Å². The summed E-state index contributed by atoms with van der Waals surface area (Å²) in [5, 5.41) is 6.55. The Morgan fingerprint density at radius 3 is 2.33 bits per heavy atom. The second kappa shape index (κ2) is 6.88. The number of hydrogen-bond donors (Lipinski definition) is 1. The highest BCUT2D eigenvalue weighted by Gasteiger charge is 2.24. The highest BCUT2D eigenvalue weighted by molar-refractivity contribution is 7.10. The van der Waals surface area contributed by atoms with Gasteiger partial charge in [0.1, 0.15) is 16.5 Å². The van der Waals surface area contributed by atoms with Crippen molar-refractivity contribution in [3.8, 4) is 11.5 Å². The van der Waals surface area contributed by atoms with Gasteiger partial charge in [-0.15, -0.1) is 11.3 Å². The summed E-state index contributed by atoms with van der Waals surface area (Å²) < 4.78 is 10.7. The Kier molecular flexibility index (Phi) is 5.38. The van der Waals surface area contributed by atoms with E-state index in [0.717, 1.165) is 21.0 Å². The van der Waals surface area contributed by atoms with E-state index in [9.17, 15) is 0 Å². The molecule has 1 heterocycles. The Balaban J connectivity index is 2.57. The molecule has 0 aliphatic heterocycles. The third kappa shape index (κ3) is 2.99. The molecule has 0 spiro atoms. The third-order valence-corrected chi connectivity index (χ3v) is 5.44. The SMILES string of the molecule is CNC(c1ccc(OC)c(Cl)c1OC)c1scc(C)c1Cl. The average Bonchev–Trinajstić information content (AvgIpc) is 2.81. The molecule has 0 fully saturated rings. The van der Waals surface area contributed by atoms with Crippen LogP contribution < -0.4 is 14.8 Å². The first-order chi connectivity index (χ1) is 10.0. The number of halogens is 2. The zero-order valence-corrected chi connectivity index (χ0v) is 14.6. The third-order valence-electron chi connectivity index (χ3n) is 3.30. The number of rotatable bonds is 5. The second-order valence-electron chi connectivity index (χ2n) is 4.52. The molecular formula is C15H17Cl2NO2S. The fraction of sp³-hybridized carbons (Fsp3) is 0.333. The van der Waals surface area contributed by atoms with Crippen molar-refractivity contribution in [3.63, 3.8) is 0 Å². The van der Waals surface area contributed by atoms with Crippen LogP contribution in [0, 0.1) is 6.92 Å². The molecule has 3 nitrogen and oxygen atoms in total. The van der Waals surface area contributed by atoms with Gasteiger partial charge in [-0.25, -0.2) is 0 Å². The summed E-state index contributed by atoms with van der Waals surface area (Å²) >= 11 is 14.4. The number of thiophene rings is 1. The van der Waals surface area contributed by atoms with Crippen molar-refractivity contribution in [2.24, 2.45) is 0 Å². The van der Waals surface area contributed by atoms with Crippen molar-refractivity contribution in [2.45, 2.75) is 13.0 Å². The first-order valence-corrected chi connectivity index (χ1v) is 7.99. The molecule has 0 aliphatic rings. The van der Waals surface area contributed by atoms with Crippen LogP contribution in [0.1, 0.15) is 22.0 Å². The molecule has 6 heteroatoms. The van der Waals surface area contributed by atoms with Gasteiger partial charge in [-0.05, 0) is 37.0 Å². The van der Waals surface area contributed by atoms with Gasteiger partial charge in [-0.2, -0.15) is 0 Å². The van der Waals surface area contributed by atoms with Gasteiger partial charge in [0.05, 0.1) is 25.3 Å². The van der Waals surface area contributed by atoms with Crippen LogP contribution in [0.25, 0.3) is 0 Å². The maximum atomic E-state index is 6.40. The molecule has 0 saturated heterocycles. The van der Waals surface area contributed by atoms with E-state index in [-0.39, 0.29) is 6.04 Å². The quantitative estimate of drug-likeness (QED) is 0.852. The van der Waals surface area contributed by atoms with Crippen molar-refractivity contribution in [3.05, 3.63) is 43.6 Å². The fourth-order valence-electron chi connectivity index (χ4n) is 2.22. The first kappa shape index (κ1) is 16.4. The predicted molar refractivity (Wildman–Crippen MR) is 89.5 cm³/mol. The van der Waals surface area contributed by atoms with Gasteiger partial charge in [0, 0.05) is 10.4 Å². The standard InChI is InChI=1S/C15H17Cl2NO2S/c1-8-7-21-15(11(8)16)13(18-2)9-5-6-10(19-3)12(17)14(9)20-4/h5-7,13,18H,1-4H3. The maximum absolute atomic E-state index is 6.40. The van der Waals surface area contributed by atoms with E-state index in [0.29, 0.717) is 16.5 Å². The fourth-order valence-corrected chi connectivity index (χ4v) is 3.97. The van der Waals surface area contributed by atoms with Crippen molar-refractivity contribution < 1.29 is 9.47 Å². The summed E-state index contributed by atoms with van der Waals surface area (Å²) in [7, 11) is 5.06. The minimum Gasteiger partial charge on any atom is -0.495 e. The summed E-state index contributed by atoms with van der Waals surface area (Å²) in [5.74, 6) is 1.18. The Morgan fingerprint density at radius 1 is 1.14 bits per heavy atom. The molecule has 1 N–H and O–H groups in total. The molecule has 1 aromatic heterocycles. The zero-order chi connectivity index (χ0) is 15.6. The normalized spacial score (nSPS) is 12.3. The van der Waals surface area contributed by atoms with E-state index >= 15 is 0 Å². The Morgan fingerprint density at radius 2 is 1.86 bits per heavy atom. The van der Waals surface area contributed by atoms with Gasteiger partial charge in [-0.1, -0.05) is 23.2 Å². The summed E-state index contributed by atoms with van der Waals surface area (Å²) in [6.45, 7) is 1.99. The van der Waals surface area contributed by atoms with Crippen molar-refractivity contribution in [1.29, 1.82) is 0 Å². The van der Waals surface area contributed by atoms with E-state index in [1.165, 1.54) is 0 Å². The molecule has 0 radical (unpaired) electrons. The largest absolute Gasteiger partial charge is 0.495 e. The number of nitrogens with one attached hydrogen (secondary N) is 1. The van der Waals surface area contributed by atoms with E-state index in [1.807, 2.05) is 31.5 Å². The topological polar surface area (TPSA) is 30.5 Å². The lowest BCUT2D eigenvalue weighted by Crippen LogP contribution is -2.18. The van der Waals surface area contributed by atoms with Gasteiger partial charge in [0.2, 0.25) is 0 Å². The van der Waals surface area contributed by atoms with Gasteiger partial charge in [0.15, 0.2) is 0 Å². The number of methoxy groups -OCH3 is 2. The lowest BCUT2D eigenvalue weighted by Gasteiger charge is -2.20. The van der Waals surface area contributed by atoms with Gasteiger partial charge >= 0.3 is 0 Å². The second-order valence-corrected chi connectivity index (χ2v) is 6.19. The summed E-state index contributed by atoms with van der Waals surface area (Å²) in [5.41, 5.74) is 1.99. The van der Waals surface area contributed by atoms with Gasteiger partial charge in [0.25, 0.3) is 0 Å². The van der Waals surface area contributed by atoms with Crippen molar-refractivity contribution in [1.82, 2.24) is 5.32 Å². The van der Waals surface area contributed by atoms with Crippen LogP contribution in [-0.2, 0) is 0 Å². The highest BCUT2D eigenvalue weighted by Crippen LogP contribution is 2.43. The van der Waals surface area contributed by atoms with Crippen LogP contribution in [0.5, 0.6) is 11.5 Å². The molecule has 21 heavy (non-hydrogen) atoms. The number of ether oxygens (including phenoxy) is 2. The lowest BCUT2D eigenvalue weighted by atomic mass is 10.0. The maximum Gasteiger partial charge on any atom is 0.146 e. The molecule has 1 aromatic carbocycles. The van der Waals surface area contributed by atoms with Crippen LogP contribution >= 0.6 is 34.5 Å². The molecular weight excluding hydrogens is 329 g/mol. The Hall–Kier alpha value is -0.940. The molecule has 0 saturated carbocycles. The summed E-state index contributed by atoms with van der Waals surface area (Å²) in [6, 6.07) is 3.68. The van der Waals surface area contributed by atoms with Gasteiger partial charge in [-0.3, -0.25) is 0 Å². The lowest BCUT2D eigenvalue weighted by molar-refractivity contribution is 0.389. The van der Waals surface area contributed by atoms with E-state index in [2.05, 4.69) is 5.32 Å². The van der Waals surface area contributed by atoms with Crippen LogP contribution in [0.15, 0.2) is 17.5 Å². The zero-order valence-electron chi connectivity index (χ0n) is 12.3. The van der Waals surface area contributed by atoms with E-state index in [1.54, 1.807) is 25.6 Å². The average molecular weight is 346 g/mol. The smallest absolute Gasteiger partial charge is 0.146 e. The molecule has 0 aliphatic carbocycles. The minimum atomic E-state index is -0.0884. The molecule has 114 valence electrons. The first-order valence-electron chi connectivity index (χ1n) is 6.36. The van der Waals surface area contributed by atoms with E-state index < -0.39 is 0 Å². The summed E-state index contributed by atoms with van der Waals surface area (Å²) in [6.07, 6.45) is 0. The van der Waals surface area contributed by atoms with Crippen LogP contribution in [0.2, 0.25) is 10.0 Å². The number of aryl methyl sites for hydroxylation is 1. The van der Waals surface area contributed by atoms with E-state index in [4.69, 9.17) is 32.7 Å². The van der Waals surface area contributed by atoms with Crippen molar-refractivity contribution >= 4 is 34.5 Å². The minimum absolute atomic E-state index is 0.0884. The number of hydrogen-bond acceptors (Lipinski definition) is 4. The van der Waals surface area contributed by atoms with Crippen molar-refractivity contribution in [2.75, 3.05) is 21.3 Å². The summed E-state index contributed by atoms with van der Waals surface area (Å²) in [4.78, 5) is 1.04. The van der Waals surface area contributed by atoms with Crippen LogP contribution in [-0.4, -0.2) is 21.3 Å². The van der Waals surface area contributed by atoms with Crippen LogP contribution in [0.4, 0.5) is 0 Å². The molecule has 2 aromatic rings. The molecule has 1 atom stereocenters. The molecule has 2 rings (SSSR count). The van der Waals surface area contributed by atoms with Crippen LogP contribution in [0.3, 0.4) is 0 Å². The monoisotopic (exact) mass is 345 g/mol. The Bertz CT molecular complexity index is 643. The molecule has 0 bridgehead atoms. The number of benzene rings is 1. The highest BCUT2D eigenvalue weighted by atomic mass is 35.5.